The van der Waals surface area contributed by atoms with Gasteiger partial charge in [0.05, 0.1) is 5.69 Å². The standard InChI is InChI=1S/C19H15N.ClH/c1-3-9-16(10-4-1)15-18(17-11-5-2-6-12-17)19-13-7-8-14-20-19;/h1-15H;1H/b18-15-;. The molecule has 0 aliphatic heterocycles. The molecule has 2 heteroatoms. The van der Waals surface area contributed by atoms with Gasteiger partial charge in [0, 0.05) is 11.8 Å². The highest BCUT2D eigenvalue weighted by Crippen LogP contribution is 2.24. The number of nitrogens with zero attached hydrogens (tertiary/aromatic N) is 1. The molecule has 0 unspecified atom stereocenters. The number of hydrogen-bond acceptors (Lipinski definition) is 1. The molecule has 0 N–H and O–H groups in total. The first-order valence-electron chi connectivity index (χ1n) is 6.67. The quantitative estimate of drug-likeness (QED) is 0.613. The monoisotopic (exact) mass is 293 g/mol. The van der Waals surface area contributed by atoms with Crippen LogP contribution in [0.2, 0.25) is 0 Å². The summed E-state index contributed by atoms with van der Waals surface area (Å²) < 4.78 is 0. The third kappa shape index (κ3) is 3.80. The van der Waals surface area contributed by atoms with Gasteiger partial charge in [-0.25, -0.2) is 0 Å². The molecule has 1 aromatic heterocycles. The van der Waals surface area contributed by atoms with Crippen LogP contribution in [0.4, 0.5) is 0 Å². The molecule has 21 heavy (non-hydrogen) atoms. The molecule has 3 rings (SSSR count). The van der Waals surface area contributed by atoms with Crippen LogP contribution in [0, 0.1) is 0 Å². The van der Waals surface area contributed by atoms with Gasteiger partial charge in [0.2, 0.25) is 0 Å². The van der Waals surface area contributed by atoms with Gasteiger partial charge in [-0.3, -0.25) is 4.98 Å². The maximum Gasteiger partial charge on any atom is 0.0708 e. The lowest BCUT2D eigenvalue weighted by atomic mass is 9.99. The van der Waals surface area contributed by atoms with E-state index in [0.29, 0.717) is 0 Å². The largest absolute Gasteiger partial charge is 0.256 e. The highest BCUT2D eigenvalue weighted by molar-refractivity contribution is 5.90. The lowest BCUT2D eigenvalue weighted by molar-refractivity contribution is 1.28. The molecule has 0 radical (unpaired) electrons. The number of hydrogen-bond donors (Lipinski definition) is 0. The minimum absolute atomic E-state index is 0. The highest BCUT2D eigenvalue weighted by atomic mass is 35.5. The van der Waals surface area contributed by atoms with Crippen molar-refractivity contribution in [2.45, 2.75) is 0 Å². The summed E-state index contributed by atoms with van der Waals surface area (Å²) in [4.78, 5) is 4.48. The molecule has 0 aliphatic rings. The van der Waals surface area contributed by atoms with Crippen LogP contribution in [0.25, 0.3) is 11.6 Å². The zero-order valence-electron chi connectivity index (χ0n) is 11.5. The van der Waals surface area contributed by atoms with Crippen LogP contribution >= 0.6 is 12.4 Å². The molecule has 3 aromatic rings. The van der Waals surface area contributed by atoms with E-state index in [1.807, 2.05) is 48.7 Å². The first kappa shape index (κ1) is 15.0. The molecule has 1 nitrogen and oxygen atoms in total. The predicted molar refractivity (Wildman–Crippen MR) is 91.3 cm³/mol. The summed E-state index contributed by atoms with van der Waals surface area (Å²) in [5.74, 6) is 0. The van der Waals surface area contributed by atoms with Gasteiger partial charge in [-0.2, -0.15) is 0 Å². The van der Waals surface area contributed by atoms with Gasteiger partial charge in [0.15, 0.2) is 0 Å². The van der Waals surface area contributed by atoms with E-state index >= 15 is 0 Å². The minimum Gasteiger partial charge on any atom is -0.256 e. The summed E-state index contributed by atoms with van der Waals surface area (Å²) in [6, 6.07) is 26.7. The predicted octanol–water partition coefficient (Wildman–Crippen LogP) is 5.09. The van der Waals surface area contributed by atoms with Gasteiger partial charge in [0.1, 0.15) is 0 Å². The lowest BCUT2D eigenvalue weighted by Gasteiger charge is -2.07. The van der Waals surface area contributed by atoms with Gasteiger partial charge < -0.3 is 0 Å². The van der Waals surface area contributed by atoms with Gasteiger partial charge in [-0.1, -0.05) is 66.7 Å². The lowest BCUT2D eigenvalue weighted by Crippen LogP contribution is -1.91. The molecule has 1 heterocycles. The van der Waals surface area contributed by atoms with Crippen molar-refractivity contribution in [3.8, 4) is 0 Å². The van der Waals surface area contributed by atoms with Gasteiger partial charge in [-0.15, -0.1) is 12.4 Å². The van der Waals surface area contributed by atoms with Gasteiger partial charge in [0.25, 0.3) is 0 Å². The van der Waals surface area contributed by atoms with Crippen LogP contribution in [0.3, 0.4) is 0 Å². The summed E-state index contributed by atoms with van der Waals surface area (Å²) in [5, 5.41) is 0. The smallest absolute Gasteiger partial charge is 0.0708 e. The number of benzene rings is 2. The Hall–Kier alpha value is -2.38. The Morgan fingerprint density at radius 3 is 1.95 bits per heavy atom. The molecular weight excluding hydrogens is 278 g/mol. The van der Waals surface area contributed by atoms with Crippen LogP contribution in [-0.2, 0) is 0 Å². The first-order valence-corrected chi connectivity index (χ1v) is 6.67. The molecule has 0 aliphatic carbocycles. The third-order valence-corrected chi connectivity index (χ3v) is 3.14. The van der Waals surface area contributed by atoms with E-state index in [0.717, 1.165) is 11.3 Å². The summed E-state index contributed by atoms with van der Waals surface area (Å²) in [6.45, 7) is 0. The van der Waals surface area contributed by atoms with E-state index < -0.39 is 0 Å². The second kappa shape index (κ2) is 7.41. The SMILES string of the molecule is C(=C(\c1ccccc1)c1ccccn1)/c1ccccc1.Cl. The molecule has 0 fully saturated rings. The van der Waals surface area contributed by atoms with E-state index in [-0.39, 0.29) is 12.4 Å². The Labute approximate surface area is 131 Å². The van der Waals surface area contributed by atoms with E-state index in [1.165, 1.54) is 11.1 Å². The van der Waals surface area contributed by atoms with Crippen molar-refractivity contribution in [3.63, 3.8) is 0 Å². The van der Waals surface area contributed by atoms with Crippen LogP contribution in [0.15, 0.2) is 85.1 Å². The van der Waals surface area contributed by atoms with E-state index in [4.69, 9.17) is 0 Å². The topological polar surface area (TPSA) is 12.9 Å². The van der Waals surface area contributed by atoms with Crippen LogP contribution in [-0.4, -0.2) is 4.98 Å². The van der Waals surface area contributed by atoms with Crippen molar-refractivity contribution < 1.29 is 0 Å². The summed E-state index contributed by atoms with van der Waals surface area (Å²) in [6.07, 6.45) is 4.01. The van der Waals surface area contributed by atoms with E-state index in [9.17, 15) is 0 Å². The van der Waals surface area contributed by atoms with Crippen LogP contribution in [0.5, 0.6) is 0 Å². The highest BCUT2D eigenvalue weighted by Gasteiger charge is 2.05. The fraction of sp³-hybridized carbons (Fsp3) is 0. The summed E-state index contributed by atoms with van der Waals surface area (Å²) >= 11 is 0. The van der Waals surface area contributed by atoms with Gasteiger partial charge >= 0.3 is 0 Å². The average Bonchev–Trinajstić information content (AvgIpc) is 2.55. The fourth-order valence-corrected chi connectivity index (χ4v) is 2.16. The molecule has 104 valence electrons. The van der Waals surface area contributed by atoms with Gasteiger partial charge in [-0.05, 0) is 29.3 Å². The fourth-order valence-electron chi connectivity index (χ4n) is 2.16. The van der Waals surface area contributed by atoms with E-state index in [2.05, 4.69) is 47.5 Å². The molecule has 0 atom stereocenters. The van der Waals surface area contributed by atoms with Crippen molar-refractivity contribution >= 4 is 24.1 Å². The number of pyridine rings is 1. The van der Waals surface area contributed by atoms with Crippen molar-refractivity contribution in [3.05, 3.63) is 102 Å². The Morgan fingerprint density at radius 1 is 0.714 bits per heavy atom. The Morgan fingerprint density at radius 2 is 1.33 bits per heavy atom. The zero-order valence-corrected chi connectivity index (χ0v) is 12.3. The van der Waals surface area contributed by atoms with Crippen molar-refractivity contribution in [1.29, 1.82) is 0 Å². The number of halogens is 1. The molecule has 0 saturated heterocycles. The second-order valence-electron chi connectivity index (χ2n) is 4.55. The van der Waals surface area contributed by atoms with Crippen molar-refractivity contribution in [2.24, 2.45) is 0 Å². The normalized spacial score (nSPS) is 10.8. The molecule has 0 spiro atoms. The number of aromatic nitrogens is 1. The second-order valence-corrected chi connectivity index (χ2v) is 4.55. The van der Waals surface area contributed by atoms with Crippen molar-refractivity contribution in [2.75, 3.05) is 0 Å². The van der Waals surface area contributed by atoms with E-state index in [1.54, 1.807) is 0 Å². The first-order chi connectivity index (χ1) is 9.93. The maximum atomic E-state index is 4.48. The third-order valence-electron chi connectivity index (χ3n) is 3.14. The average molecular weight is 294 g/mol. The Balaban J connectivity index is 0.00000161. The molecular formula is C19H16ClN. The molecule has 2 aromatic carbocycles. The number of rotatable bonds is 3. The summed E-state index contributed by atoms with van der Waals surface area (Å²) in [7, 11) is 0. The van der Waals surface area contributed by atoms with Crippen molar-refractivity contribution in [1.82, 2.24) is 4.98 Å². The molecule has 0 amide bonds. The van der Waals surface area contributed by atoms with Crippen LogP contribution < -0.4 is 0 Å². The molecule has 0 bridgehead atoms. The Kier molecular flexibility index (Phi) is 5.30. The minimum atomic E-state index is 0. The zero-order chi connectivity index (χ0) is 13.6. The maximum absolute atomic E-state index is 4.48. The molecule has 0 saturated carbocycles. The summed E-state index contributed by atoms with van der Waals surface area (Å²) in [5.41, 5.74) is 4.48. The van der Waals surface area contributed by atoms with Crippen LogP contribution in [0.1, 0.15) is 16.8 Å². The Bertz CT molecular complexity index is 650.